The van der Waals surface area contributed by atoms with Gasteiger partial charge in [0, 0.05) is 18.1 Å². The highest BCUT2D eigenvalue weighted by Crippen LogP contribution is 2.36. The van der Waals surface area contributed by atoms with Gasteiger partial charge >= 0.3 is 0 Å². The summed E-state index contributed by atoms with van der Waals surface area (Å²) in [6.07, 6.45) is 2.39. The summed E-state index contributed by atoms with van der Waals surface area (Å²) in [5.74, 6) is 0.354. The van der Waals surface area contributed by atoms with E-state index >= 15 is 0 Å². The average Bonchev–Trinajstić information content (AvgIpc) is 2.54. The van der Waals surface area contributed by atoms with Crippen molar-refractivity contribution < 1.29 is 10.2 Å². The van der Waals surface area contributed by atoms with Gasteiger partial charge in [0.2, 0.25) is 0 Å². The van der Waals surface area contributed by atoms with Gasteiger partial charge in [0.1, 0.15) is 11.3 Å². The summed E-state index contributed by atoms with van der Waals surface area (Å²) < 4.78 is 0. The van der Waals surface area contributed by atoms with E-state index in [4.69, 9.17) is 11.6 Å². The van der Waals surface area contributed by atoms with E-state index in [1.165, 1.54) is 0 Å². The molecule has 0 unspecified atom stereocenters. The molecule has 3 rings (SSSR count). The van der Waals surface area contributed by atoms with Crippen LogP contribution in [0.5, 0.6) is 11.5 Å². The number of phenols is 2. The highest BCUT2D eigenvalue weighted by molar-refractivity contribution is 6.36. The van der Waals surface area contributed by atoms with Crippen LogP contribution in [0.3, 0.4) is 0 Å². The maximum atomic E-state index is 10.3. The number of anilines is 1. The zero-order valence-electron chi connectivity index (χ0n) is 11.8. The normalized spacial score (nSPS) is 10.8. The second-order valence-corrected chi connectivity index (χ2v) is 5.40. The molecule has 4 nitrogen and oxygen atoms in total. The van der Waals surface area contributed by atoms with Crippen LogP contribution >= 0.6 is 11.6 Å². The molecule has 3 aromatic rings. The maximum absolute atomic E-state index is 10.3. The number of aromatic nitrogens is 1. The van der Waals surface area contributed by atoms with Crippen molar-refractivity contribution in [2.45, 2.75) is 6.42 Å². The average molecular weight is 315 g/mol. The first-order valence-corrected chi connectivity index (χ1v) is 7.31. The zero-order chi connectivity index (χ0) is 15.5. The Labute approximate surface area is 133 Å². The van der Waals surface area contributed by atoms with Gasteiger partial charge < -0.3 is 15.5 Å². The second kappa shape index (κ2) is 6.12. The van der Waals surface area contributed by atoms with Gasteiger partial charge in [-0.25, -0.2) is 0 Å². The Balaban J connectivity index is 1.76. The number of fused-ring (bicyclic) bond motifs is 1. The molecule has 0 spiro atoms. The predicted molar refractivity (Wildman–Crippen MR) is 88.7 cm³/mol. The van der Waals surface area contributed by atoms with Crippen molar-refractivity contribution in [2.24, 2.45) is 0 Å². The first-order chi connectivity index (χ1) is 10.6. The van der Waals surface area contributed by atoms with Crippen LogP contribution in [-0.2, 0) is 6.42 Å². The standard InChI is InChI=1S/C17H15ClN2O2/c18-14-10-15(17(22)16-13(14)2-1-8-20-16)19-9-7-11-3-5-12(21)6-4-11/h1-6,8,10,19,21-22H,7,9H2. The van der Waals surface area contributed by atoms with E-state index in [1.54, 1.807) is 30.5 Å². The molecule has 0 atom stereocenters. The third-order valence-corrected chi connectivity index (χ3v) is 3.79. The lowest BCUT2D eigenvalue weighted by atomic mass is 10.1. The number of hydrogen-bond acceptors (Lipinski definition) is 4. The fourth-order valence-corrected chi connectivity index (χ4v) is 2.59. The summed E-state index contributed by atoms with van der Waals surface area (Å²) in [4.78, 5) is 4.18. The number of benzene rings is 2. The van der Waals surface area contributed by atoms with Crippen molar-refractivity contribution in [3.8, 4) is 11.5 Å². The smallest absolute Gasteiger partial charge is 0.165 e. The molecule has 3 N–H and O–H groups in total. The molecular formula is C17H15ClN2O2. The molecule has 0 saturated heterocycles. The molecule has 1 heterocycles. The number of hydrogen-bond donors (Lipinski definition) is 3. The van der Waals surface area contributed by atoms with Crippen LogP contribution in [0, 0.1) is 0 Å². The zero-order valence-corrected chi connectivity index (χ0v) is 12.5. The first-order valence-electron chi connectivity index (χ1n) is 6.93. The van der Waals surface area contributed by atoms with Crippen LogP contribution in [0.25, 0.3) is 10.9 Å². The lowest BCUT2D eigenvalue weighted by Gasteiger charge is -2.11. The summed E-state index contributed by atoms with van der Waals surface area (Å²) in [6, 6.07) is 12.4. The summed E-state index contributed by atoms with van der Waals surface area (Å²) >= 11 is 6.23. The van der Waals surface area contributed by atoms with Crippen molar-refractivity contribution in [1.82, 2.24) is 4.98 Å². The SMILES string of the molecule is Oc1ccc(CCNc2cc(Cl)c3cccnc3c2O)cc1. The maximum Gasteiger partial charge on any atom is 0.165 e. The largest absolute Gasteiger partial charge is 0.508 e. The Kier molecular flexibility index (Phi) is 4.02. The highest BCUT2D eigenvalue weighted by atomic mass is 35.5. The summed E-state index contributed by atoms with van der Waals surface area (Å²) in [6.45, 7) is 0.632. The van der Waals surface area contributed by atoms with Crippen molar-refractivity contribution in [2.75, 3.05) is 11.9 Å². The second-order valence-electron chi connectivity index (χ2n) is 5.00. The molecule has 0 aliphatic heterocycles. The minimum absolute atomic E-state index is 0.103. The minimum atomic E-state index is 0.103. The third-order valence-electron chi connectivity index (χ3n) is 3.48. The predicted octanol–water partition coefficient (Wildman–Crippen LogP) is 3.95. The lowest BCUT2D eigenvalue weighted by molar-refractivity contribution is 0.475. The number of rotatable bonds is 4. The van der Waals surface area contributed by atoms with E-state index in [9.17, 15) is 10.2 Å². The topological polar surface area (TPSA) is 65.4 Å². The summed E-state index contributed by atoms with van der Waals surface area (Å²) in [7, 11) is 0. The summed E-state index contributed by atoms with van der Waals surface area (Å²) in [5.41, 5.74) is 2.15. The van der Waals surface area contributed by atoms with Crippen LogP contribution in [0.15, 0.2) is 48.7 Å². The Hall–Kier alpha value is -2.46. The molecule has 1 aromatic heterocycles. The van der Waals surface area contributed by atoms with E-state index in [0.717, 1.165) is 17.4 Å². The van der Waals surface area contributed by atoms with E-state index < -0.39 is 0 Å². The van der Waals surface area contributed by atoms with Gasteiger partial charge in [0.25, 0.3) is 0 Å². The number of phenolic OH excluding ortho intramolecular Hbond substituents is 2. The Morgan fingerprint density at radius 3 is 2.64 bits per heavy atom. The third kappa shape index (κ3) is 2.92. The van der Waals surface area contributed by atoms with E-state index in [2.05, 4.69) is 10.3 Å². The molecule has 0 saturated carbocycles. The van der Waals surface area contributed by atoms with Gasteiger partial charge in [-0.2, -0.15) is 0 Å². The molecule has 5 heteroatoms. The fourth-order valence-electron chi connectivity index (χ4n) is 2.33. The number of aromatic hydroxyl groups is 2. The molecule has 0 fully saturated rings. The molecule has 22 heavy (non-hydrogen) atoms. The number of nitrogens with zero attached hydrogens (tertiary/aromatic N) is 1. The van der Waals surface area contributed by atoms with Gasteiger partial charge in [-0.05, 0) is 42.3 Å². The monoisotopic (exact) mass is 314 g/mol. The molecule has 2 aromatic carbocycles. The van der Waals surface area contributed by atoms with Crippen molar-refractivity contribution >= 4 is 28.2 Å². The highest BCUT2D eigenvalue weighted by Gasteiger charge is 2.10. The van der Waals surface area contributed by atoms with Gasteiger partial charge in [0.15, 0.2) is 5.75 Å². The van der Waals surface area contributed by atoms with Crippen molar-refractivity contribution in [1.29, 1.82) is 0 Å². The quantitative estimate of drug-likeness (QED) is 0.638. The van der Waals surface area contributed by atoms with Gasteiger partial charge in [-0.1, -0.05) is 23.7 Å². The minimum Gasteiger partial charge on any atom is -0.508 e. The van der Waals surface area contributed by atoms with E-state index in [0.29, 0.717) is 22.8 Å². The van der Waals surface area contributed by atoms with Crippen molar-refractivity contribution in [3.05, 3.63) is 59.2 Å². The molecule has 0 bridgehead atoms. The van der Waals surface area contributed by atoms with Gasteiger partial charge in [0.05, 0.1) is 10.7 Å². The van der Waals surface area contributed by atoms with Crippen LogP contribution in [0.4, 0.5) is 5.69 Å². The number of pyridine rings is 1. The van der Waals surface area contributed by atoms with Crippen molar-refractivity contribution in [3.63, 3.8) is 0 Å². The molecule has 0 amide bonds. The Bertz CT molecular complexity index is 804. The number of nitrogens with one attached hydrogen (secondary N) is 1. The van der Waals surface area contributed by atoms with Crippen LogP contribution in [0.1, 0.15) is 5.56 Å². The molecular weight excluding hydrogens is 300 g/mol. The van der Waals surface area contributed by atoms with E-state index in [-0.39, 0.29) is 11.5 Å². The van der Waals surface area contributed by atoms with Crippen LogP contribution < -0.4 is 5.32 Å². The molecule has 0 aliphatic rings. The molecule has 112 valence electrons. The summed E-state index contributed by atoms with van der Waals surface area (Å²) in [5, 5.41) is 24.0. The van der Waals surface area contributed by atoms with Gasteiger partial charge in [-0.15, -0.1) is 0 Å². The molecule has 0 aliphatic carbocycles. The Morgan fingerprint density at radius 2 is 1.86 bits per heavy atom. The van der Waals surface area contributed by atoms with Crippen LogP contribution in [-0.4, -0.2) is 21.7 Å². The molecule has 0 radical (unpaired) electrons. The number of halogens is 1. The fraction of sp³-hybridized carbons (Fsp3) is 0.118. The van der Waals surface area contributed by atoms with E-state index in [1.807, 2.05) is 18.2 Å². The first kappa shape index (κ1) is 14.5. The van der Waals surface area contributed by atoms with Crippen LogP contribution in [0.2, 0.25) is 5.02 Å². The lowest BCUT2D eigenvalue weighted by Crippen LogP contribution is -2.05. The van der Waals surface area contributed by atoms with Gasteiger partial charge in [-0.3, -0.25) is 4.98 Å². The Morgan fingerprint density at radius 1 is 1.09 bits per heavy atom.